The number of hydrogen-bond acceptors (Lipinski definition) is 4. The minimum absolute atomic E-state index is 0.00653. The summed E-state index contributed by atoms with van der Waals surface area (Å²) in [7, 11) is 0. The summed E-state index contributed by atoms with van der Waals surface area (Å²) >= 11 is 0. The monoisotopic (exact) mass is 220 g/mol. The largest absolute Gasteiger partial charge is 0.299 e. The van der Waals surface area contributed by atoms with E-state index in [0.717, 1.165) is 6.42 Å². The number of nitrogens with zero attached hydrogens (tertiary/aromatic N) is 4. The first kappa shape index (κ1) is 10.5. The average molecular weight is 220 g/mol. The van der Waals surface area contributed by atoms with Crippen molar-refractivity contribution in [2.24, 2.45) is 0 Å². The van der Waals surface area contributed by atoms with E-state index in [1.165, 1.54) is 10.9 Å². The van der Waals surface area contributed by atoms with Gasteiger partial charge in [0.15, 0.2) is 5.52 Å². The van der Waals surface area contributed by atoms with E-state index < -0.39 is 4.92 Å². The number of hydrogen-bond donors (Lipinski definition) is 0. The molecule has 1 unspecified atom stereocenters. The van der Waals surface area contributed by atoms with Gasteiger partial charge in [0.1, 0.15) is 5.52 Å². The first-order valence-corrected chi connectivity index (χ1v) is 5.13. The van der Waals surface area contributed by atoms with E-state index in [2.05, 4.69) is 10.2 Å². The molecular formula is C10H12N4O2. The van der Waals surface area contributed by atoms with E-state index in [1.54, 1.807) is 12.1 Å². The lowest BCUT2D eigenvalue weighted by Crippen LogP contribution is -2.07. The van der Waals surface area contributed by atoms with Gasteiger partial charge in [-0.05, 0) is 19.4 Å². The molecule has 2 aromatic rings. The summed E-state index contributed by atoms with van der Waals surface area (Å²) in [6.45, 7) is 4.00. The van der Waals surface area contributed by atoms with E-state index in [9.17, 15) is 10.1 Å². The van der Waals surface area contributed by atoms with Crippen LogP contribution in [0.2, 0.25) is 0 Å². The molecule has 0 saturated carbocycles. The maximum absolute atomic E-state index is 10.8. The molecule has 0 radical (unpaired) electrons. The fraction of sp³-hybridized carbons (Fsp3) is 0.400. The number of non-ortho nitro benzene ring substituents is 1. The molecule has 0 N–H and O–H groups in total. The van der Waals surface area contributed by atoms with Gasteiger partial charge in [0, 0.05) is 6.07 Å². The fourth-order valence-electron chi connectivity index (χ4n) is 1.45. The molecule has 0 aliphatic rings. The van der Waals surface area contributed by atoms with Crippen molar-refractivity contribution < 1.29 is 4.92 Å². The summed E-state index contributed by atoms with van der Waals surface area (Å²) in [4.78, 5) is 11.9. The lowest BCUT2D eigenvalue weighted by molar-refractivity contribution is -0.383. The molecule has 0 fully saturated rings. The van der Waals surface area contributed by atoms with Gasteiger partial charge in [-0.25, -0.2) is 0 Å². The number of nitro benzene ring substituents is 1. The molecule has 84 valence electrons. The molecule has 1 atom stereocenters. The van der Waals surface area contributed by atoms with Gasteiger partial charge in [-0.3, -0.25) is 10.1 Å². The normalized spacial score (nSPS) is 12.9. The Morgan fingerprint density at radius 3 is 2.88 bits per heavy atom. The van der Waals surface area contributed by atoms with E-state index in [1.807, 2.05) is 13.8 Å². The Balaban J connectivity index is 2.61. The zero-order valence-corrected chi connectivity index (χ0v) is 9.12. The van der Waals surface area contributed by atoms with Crippen LogP contribution < -0.4 is 0 Å². The topological polar surface area (TPSA) is 73.8 Å². The molecule has 0 bridgehead atoms. The SMILES string of the molecule is CCC(C)n1nc2cccc([N+](=O)[O-])c2n1. The number of nitro groups is 1. The zero-order chi connectivity index (χ0) is 11.7. The van der Waals surface area contributed by atoms with Gasteiger partial charge in [0.05, 0.1) is 11.0 Å². The summed E-state index contributed by atoms with van der Waals surface area (Å²) in [5.41, 5.74) is 0.925. The number of fused-ring (bicyclic) bond motifs is 1. The summed E-state index contributed by atoms with van der Waals surface area (Å²) in [5.74, 6) is 0. The van der Waals surface area contributed by atoms with Crippen LogP contribution in [0.4, 0.5) is 5.69 Å². The van der Waals surface area contributed by atoms with E-state index in [4.69, 9.17) is 0 Å². The highest BCUT2D eigenvalue weighted by Gasteiger charge is 2.17. The standard InChI is InChI=1S/C10H12N4O2/c1-3-7(2)13-11-8-5-4-6-9(14(15)16)10(8)12-13/h4-7H,3H2,1-2H3. The second-order valence-electron chi connectivity index (χ2n) is 3.68. The van der Waals surface area contributed by atoms with Gasteiger partial charge >= 0.3 is 0 Å². The van der Waals surface area contributed by atoms with Crippen molar-refractivity contribution in [3.05, 3.63) is 28.3 Å². The Morgan fingerprint density at radius 1 is 1.50 bits per heavy atom. The van der Waals surface area contributed by atoms with Gasteiger partial charge in [-0.2, -0.15) is 9.90 Å². The molecule has 1 aromatic heterocycles. The summed E-state index contributed by atoms with van der Waals surface area (Å²) in [5, 5.41) is 19.2. The first-order chi connectivity index (χ1) is 7.63. The third-order valence-corrected chi connectivity index (χ3v) is 2.59. The molecule has 1 aromatic carbocycles. The maximum atomic E-state index is 10.8. The molecule has 0 aliphatic heterocycles. The molecule has 6 nitrogen and oxygen atoms in total. The van der Waals surface area contributed by atoms with E-state index in [0.29, 0.717) is 11.0 Å². The molecule has 16 heavy (non-hydrogen) atoms. The van der Waals surface area contributed by atoms with Crippen LogP contribution in [0.3, 0.4) is 0 Å². The fourth-order valence-corrected chi connectivity index (χ4v) is 1.45. The minimum atomic E-state index is -0.433. The highest BCUT2D eigenvalue weighted by atomic mass is 16.6. The van der Waals surface area contributed by atoms with E-state index in [-0.39, 0.29) is 11.7 Å². The predicted octanol–water partition coefficient (Wildman–Crippen LogP) is 2.31. The number of aromatic nitrogens is 3. The average Bonchev–Trinajstić information content (AvgIpc) is 2.70. The van der Waals surface area contributed by atoms with Crippen LogP contribution in [-0.4, -0.2) is 19.9 Å². The van der Waals surface area contributed by atoms with Gasteiger partial charge in [-0.15, -0.1) is 5.10 Å². The van der Waals surface area contributed by atoms with Crippen LogP contribution in [0.5, 0.6) is 0 Å². The second kappa shape index (κ2) is 3.88. The van der Waals surface area contributed by atoms with Crippen molar-refractivity contribution in [3.8, 4) is 0 Å². The Labute approximate surface area is 92.0 Å². The highest BCUT2D eigenvalue weighted by molar-refractivity contribution is 5.83. The summed E-state index contributed by atoms with van der Waals surface area (Å²) in [6, 6.07) is 4.94. The Morgan fingerprint density at radius 2 is 2.25 bits per heavy atom. The van der Waals surface area contributed by atoms with Crippen molar-refractivity contribution >= 4 is 16.7 Å². The third-order valence-electron chi connectivity index (χ3n) is 2.59. The molecule has 0 saturated heterocycles. The molecular weight excluding hydrogens is 208 g/mol. The van der Waals surface area contributed by atoms with Gasteiger partial charge in [-0.1, -0.05) is 13.0 Å². The molecule has 1 heterocycles. The van der Waals surface area contributed by atoms with Crippen molar-refractivity contribution in [2.45, 2.75) is 26.3 Å². The highest BCUT2D eigenvalue weighted by Crippen LogP contribution is 2.23. The van der Waals surface area contributed by atoms with Crippen molar-refractivity contribution in [3.63, 3.8) is 0 Å². The number of benzene rings is 1. The predicted molar refractivity (Wildman–Crippen MR) is 59.2 cm³/mol. The van der Waals surface area contributed by atoms with Crippen molar-refractivity contribution in [2.75, 3.05) is 0 Å². The molecule has 0 spiro atoms. The quantitative estimate of drug-likeness (QED) is 0.587. The molecule has 0 amide bonds. The molecule has 6 heteroatoms. The van der Waals surface area contributed by atoms with Crippen LogP contribution in [0.1, 0.15) is 26.3 Å². The maximum Gasteiger partial charge on any atom is 0.299 e. The van der Waals surface area contributed by atoms with Crippen molar-refractivity contribution in [1.82, 2.24) is 15.0 Å². The third kappa shape index (κ3) is 1.62. The minimum Gasteiger partial charge on any atom is -0.258 e. The first-order valence-electron chi connectivity index (χ1n) is 5.13. The Hall–Kier alpha value is -1.98. The lowest BCUT2D eigenvalue weighted by atomic mass is 10.3. The van der Waals surface area contributed by atoms with Crippen LogP contribution in [0.25, 0.3) is 11.0 Å². The van der Waals surface area contributed by atoms with Gasteiger partial charge < -0.3 is 0 Å². The smallest absolute Gasteiger partial charge is 0.258 e. The van der Waals surface area contributed by atoms with Gasteiger partial charge in [0.2, 0.25) is 0 Å². The second-order valence-corrected chi connectivity index (χ2v) is 3.68. The van der Waals surface area contributed by atoms with Crippen LogP contribution in [-0.2, 0) is 0 Å². The van der Waals surface area contributed by atoms with Crippen LogP contribution >= 0.6 is 0 Å². The van der Waals surface area contributed by atoms with Crippen LogP contribution in [0, 0.1) is 10.1 Å². The summed E-state index contributed by atoms with van der Waals surface area (Å²) in [6.07, 6.45) is 0.884. The van der Waals surface area contributed by atoms with Crippen molar-refractivity contribution in [1.29, 1.82) is 0 Å². The molecule has 0 aliphatic carbocycles. The lowest BCUT2D eigenvalue weighted by Gasteiger charge is -2.04. The Bertz CT molecular complexity index is 535. The van der Waals surface area contributed by atoms with Gasteiger partial charge in [0.25, 0.3) is 5.69 Å². The zero-order valence-electron chi connectivity index (χ0n) is 9.12. The Kier molecular flexibility index (Phi) is 2.55. The van der Waals surface area contributed by atoms with E-state index >= 15 is 0 Å². The summed E-state index contributed by atoms with van der Waals surface area (Å²) < 4.78 is 0. The van der Waals surface area contributed by atoms with Crippen LogP contribution in [0.15, 0.2) is 18.2 Å². The molecule has 2 rings (SSSR count). The number of rotatable bonds is 3.